The average Bonchev–Trinajstić information content (AvgIpc) is 1.73. The minimum atomic E-state index is 0.190. The Hall–Kier alpha value is -1.09. The van der Waals surface area contributed by atoms with Crippen molar-refractivity contribution in [2.24, 2.45) is 5.92 Å². The van der Waals surface area contributed by atoms with Crippen LogP contribution in [0, 0.1) is 28.0 Å². The Kier molecular flexibility index (Phi) is 11.8. The topological polar surface area (TPSA) is 71.4 Å². The van der Waals surface area contributed by atoms with Gasteiger partial charge in [0, 0.05) is 16.7 Å². The van der Waals surface area contributed by atoms with Crippen LogP contribution in [0.3, 0.4) is 0 Å². The van der Waals surface area contributed by atoms with Crippen LogP contribution in [-0.4, -0.2) is 0 Å². The van der Waals surface area contributed by atoms with Gasteiger partial charge in [-0.05, 0) is 13.8 Å². The van der Waals surface area contributed by atoms with Gasteiger partial charge in [-0.25, -0.2) is 0 Å². The van der Waals surface area contributed by atoms with E-state index in [1.807, 2.05) is 19.9 Å². The molecule has 0 saturated heterocycles. The van der Waals surface area contributed by atoms with E-state index in [1.54, 1.807) is 0 Å². The smallest absolute Gasteiger partial charge is 0.0649 e. The van der Waals surface area contributed by atoms with Crippen LogP contribution in [0.1, 0.15) is 13.8 Å². The van der Waals surface area contributed by atoms with Crippen molar-refractivity contribution in [3.8, 4) is 6.07 Å². The molecule has 0 aliphatic carbocycles. The van der Waals surface area contributed by atoms with E-state index in [0.717, 1.165) is 0 Å². The van der Waals surface area contributed by atoms with Gasteiger partial charge >= 0.3 is 0 Å². The summed E-state index contributed by atoms with van der Waals surface area (Å²) in [6, 6.07) is 2.03. The summed E-state index contributed by atoms with van der Waals surface area (Å²) in [6.07, 6.45) is 0. The van der Waals surface area contributed by atoms with Gasteiger partial charge in [-0.3, -0.25) is 0 Å². The van der Waals surface area contributed by atoms with E-state index in [-0.39, 0.29) is 5.92 Å². The predicted octanol–water partition coefficient (Wildman–Crippen LogP) is 1.20. The lowest BCUT2D eigenvalue weighted by Gasteiger charge is -1.75. The highest BCUT2D eigenvalue weighted by Gasteiger charge is 1.78. The van der Waals surface area contributed by atoms with Crippen LogP contribution in [0.15, 0.2) is 0 Å². The predicted molar refractivity (Wildman–Crippen MR) is 23.9 cm³/mol. The standard InChI is InChI=1S/C4H7N.N2/c1-4(2)3-5;1-2/h4H,1-2H3;. The lowest BCUT2D eigenvalue weighted by atomic mass is 10.3. The molecule has 0 amide bonds. The number of rotatable bonds is 0. The van der Waals surface area contributed by atoms with Crippen molar-refractivity contribution in [1.82, 2.24) is 0 Å². The van der Waals surface area contributed by atoms with Gasteiger partial charge in [0.1, 0.15) is 0 Å². The summed E-state index contributed by atoms with van der Waals surface area (Å²) >= 11 is 0. The molecule has 0 aliphatic heterocycles. The molecule has 0 rings (SSSR count). The fourth-order valence-electron chi connectivity index (χ4n) is 0. The molecule has 3 nitrogen and oxygen atoms in total. The van der Waals surface area contributed by atoms with Crippen LogP contribution in [0.4, 0.5) is 0 Å². The molecule has 0 radical (unpaired) electrons. The van der Waals surface area contributed by atoms with E-state index in [1.165, 1.54) is 0 Å². The van der Waals surface area contributed by atoms with Crippen LogP contribution in [0.5, 0.6) is 0 Å². The molecule has 0 bridgehead atoms. The Morgan fingerprint density at radius 2 is 1.43 bits per heavy atom. The summed E-state index contributed by atoms with van der Waals surface area (Å²) < 4.78 is 0. The zero-order chi connectivity index (χ0) is 6.28. The number of nitrogens with zero attached hydrogens (tertiary/aromatic N) is 3. The Morgan fingerprint density at radius 1 is 1.29 bits per heavy atom. The Balaban J connectivity index is 0. The summed E-state index contributed by atoms with van der Waals surface area (Å²) in [4.78, 5) is 0. The molecule has 0 N–H and O–H groups in total. The van der Waals surface area contributed by atoms with Gasteiger partial charge in [0.15, 0.2) is 0 Å². The number of hydrogen-bond acceptors (Lipinski definition) is 3. The van der Waals surface area contributed by atoms with Crippen LogP contribution < -0.4 is 0 Å². The molecule has 0 aliphatic rings. The average molecular weight is 97.1 g/mol. The molecule has 0 unspecified atom stereocenters. The quantitative estimate of drug-likeness (QED) is 0.426. The third kappa shape index (κ3) is 50.2. The SMILES string of the molecule is CC(C)C#N.N#N. The van der Waals surface area contributed by atoms with Crippen molar-refractivity contribution in [3.05, 3.63) is 0 Å². The Labute approximate surface area is 43.0 Å². The molecule has 0 aromatic heterocycles. The van der Waals surface area contributed by atoms with E-state index in [9.17, 15) is 0 Å². The molecule has 0 aromatic carbocycles. The minimum absolute atomic E-state index is 0.190. The molecule has 0 saturated carbocycles. The van der Waals surface area contributed by atoms with Crippen LogP contribution in [0.25, 0.3) is 0 Å². The molecule has 3 heteroatoms. The van der Waals surface area contributed by atoms with Gasteiger partial charge in [0.2, 0.25) is 0 Å². The van der Waals surface area contributed by atoms with Crippen LogP contribution in [-0.2, 0) is 0 Å². The maximum absolute atomic E-state index is 7.89. The summed E-state index contributed by atoms with van der Waals surface area (Å²) in [6.45, 7) is 3.72. The molecule has 0 aromatic rings. The van der Waals surface area contributed by atoms with E-state index in [2.05, 4.69) is 0 Å². The summed E-state index contributed by atoms with van der Waals surface area (Å²) in [5, 5.41) is 19.9. The Morgan fingerprint density at radius 3 is 1.43 bits per heavy atom. The first kappa shape index (κ1) is 9.32. The van der Waals surface area contributed by atoms with E-state index in [0.29, 0.717) is 0 Å². The molecule has 38 valence electrons. The molecule has 0 spiro atoms. The molecular weight excluding hydrogens is 90.1 g/mol. The van der Waals surface area contributed by atoms with Crippen molar-refractivity contribution in [2.75, 3.05) is 0 Å². The normalized spacial score (nSPS) is 5.71. The highest BCUT2D eigenvalue weighted by Crippen LogP contribution is 1.81. The first-order valence-electron chi connectivity index (χ1n) is 1.87. The van der Waals surface area contributed by atoms with E-state index >= 15 is 0 Å². The minimum Gasteiger partial charge on any atom is -0.198 e. The highest BCUT2D eigenvalue weighted by molar-refractivity contribution is 4.72. The summed E-state index contributed by atoms with van der Waals surface area (Å²) in [5.74, 6) is 0.190. The maximum Gasteiger partial charge on any atom is 0.0649 e. The van der Waals surface area contributed by atoms with Gasteiger partial charge in [0.25, 0.3) is 0 Å². The third-order valence-corrected chi connectivity index (χ3v) is 0.258. The van der Waals surface area contributed by atoms with Crippen molar-refractivity contribution in [3.63, 3.8) is 0 Å². The first-order chi connectivity index (χ1) is 3.27. The zero-order valence-electron chi connectivity index (χ0n) is 4.42. The second kappa shape index (κ2) is 8.86. The second-order valence-electron chi connectivity index (χ2n) is 1.28. The Bertz CT molecular complexity index is 76.7. The van der Waals surface area contributed by atoms with E-state index in [4.69, 9.17) is 16.0 Å². The molecule has 0 atom stereocenters. The third-order valence-electron chi connectivity index (χ3n) is 0.258. The summed E-state index contributed by atoms with van der Waals surface area (Å²) in [5.41, 5.74) is 0. The lowest BCUT2D eigenvalue weighted by Crippen LogP contribution is -1.72. The summed E-state index contributed by atoms with van der Waals surface area (Å²) in [7, 11) is 0. The number of nitriles is 1. The molecule has 0 heterocycles. The molecular formula is C4H7N3. The van der Waals surface area contributed by atoms with Gasteiger partial charge in [0.05, 0.1) is 6.07 Å². The first-order valence-corrected chi connectivity index (χ1v) is 1.87. The van der Waals surface area contributed by atoms with Crippen LogP contribution >= 0.6 is 0 Å². The maximum atomic E-state index is 7.89. The van der Waals surface area contributed by atoms with Crippen molar-refractivity contribution in [1.29, 1.82) is 16.0 Å². The fraction of sp³-hybridized carbons (Fsp3) is 0.750. The van der Waals surface area contributed by atoms with Gasteiger partial charge in [-0.1, -0.05) is 0 Å². The van der Waals surface area contributed by atoms with Gasteiger partial charge in [-0.15, -0.1) is 0 Å². The number of hydrogen-bond donors (Lipinski definition) is 0. The molecule has 0 fully saturated rings. The van der Waals surface area contributed by atoms with Crippen molar-refractivity contribution >= 4 is 0 Å². The fourth-order valence-corrected chi connectivity index (χ4v) is 0. The van der Waals surface area contributed by atoms with Crippen molar-refractivity contribution < 1.29 is 0 Å². The second-order valence-corrected chi connectivity index (χ2v) is 1.28. The van der Waals surface area contributed by atoms with Gasteiger partial charge in [-0.2, -0.15) is 5.26 Å². The van der Waals surface area contributed by atoms with Gasteiger partial charge < -0.3 is 0 Å². The lowest BCUT2D eigenvalue weighted by molar-refractivity contribution is 0.849. The zero-order valence-corrected chi connectivity index (χ0v) is 4.42. The largest absolute Gasteiger partial charge is 0.198 e. The highest BCUT2D eigenvalue weighted by atomic mass is 14.6. The van der Waals surface area contributed by atoms with Crippen molar-refractivity contribution in [2.45, 2.75) is 13.8 Å². The van der Waals surface area contributed by atoms with E-state index < -0.39 is 0 Å². The monoisotopic (exact) mass is 97.1 g/mol. The van der Waals surface area contributed by atoms with Crippen LogP contribution in [0.2, 0.25) is 0 Å². The molecule has 7 heavy (non-hydrogen) atoms.